The second kappa shape index (κ2) is 10.8. The Labute approximate surface area is 214 Å². The molecule has 4 aromatic carbocycles. The number of hydrogen-bond donors (Lipinski definition) is 5. The van der Waals surface area contributed by atoms with Crippen LogP contribution in [0.25, 0.3) is 10.8 Å². The number of thioether (sulfide) groups is 1. The summed E-state index contributed by atoms with van der Waals surface area (Å²) in [6.45, 7) is 0. The lowest BCUT2D eigenvalue weighted by atomic mass is 9.98. The molecule has 0 saturated carbocycles. The maximum atomic E-state index is 13.0. The van der Waals surface area contributed by atoms with Gasteiger partial charge in [-0.25, -0.2) is 9.59 Å². The quantitative estimate of drug-likeness (QED) is 0.163. The van der Waals surface area contributed by atoms with Gasteiger partial charge in [-0.15, -0.1) is 11.8 Å². The molecule has 186 valence electrons. The Balaban J connectivity index is 1.44. The number of carbonyl (C=O) groups is 4. The van der Waals surface area contributed by atoms with Gasteiger partial charge in [0.15, 0.2) is 0 Å². The van der Waals surface area contributed by atoms with E-state index in [9.17, 15) is 29.4 Å². The lowest BCUT2D eigenvalue weighted by Gasteiger charge is -2.11. The third kappa shape index (κ3) is 5.88. The molecule has 0 aliphatic heterocycles. The first-order valence-corrected chi connectivity index (χ1v) is 11.9. The summed E-state index contributed by atoms with van der Waals surface area (Å²) in [6.07, 6.45) is 0. The van der Waals surface area contributed by atoms with Crippen molar-refractivity contribution in [2.24, 2.45) is 0 Å². The van der Waals surface area contributed by atoms with E-state index in [-0.39, 0.29) is 28.1 Å². The number of aromatic hydroxyl groups is 1. The highest BCUT2D eigenvalue weighted by Gasteiger charge is 2.17. The van der Waals surface area contributed by atoms with Gasteiger partial charge in [-0.3, -0.25) is 9.59 Å². The second-order valence-electron chi connectivity index (χ2n) is 7.87. The van der Waals surface area contributed by atoms with Crippen molar-refractivity contribution in [3.8, 4) is 5.75 Å². The predicted molar refractivity (Wildman–Crippen MR) is 140 cm³/mol. The predicted octanol–water partition coefficient (Wildman–Crippen LogP) is 4.92. The zero-order valence-corrected chi connectivity index (χ0v) is 19.9. The SMILES string of the molecule is O=C(CSc1cccc(NC(=O)c2cccc3cccc(C(=O)O)c23)c1)Nc1ccc(O)c(C(=O)O)c1. The third-order valence-electron chi connectivity index (χ3n) is 5.35. The summed E-state index contributed by atoms with van der Waals surface area (Å²) in [5, 5.41) is 34.6. The molecule has 0 bridgehead atoms. The Kier molecular flexibility index (Phi) is 7.40. The molecule has 0 unspecified atom stereocenters. The molecule has 4 aromatic rings. The average molecular weight is 517 g/mol. The fourth-order valence-corrected chi connectivity index (χ4v) is 4.46. The van der Waals surface area contributed by atoms with Crippen LogP contribution in [-0.2, 0) is 4.79 Å². The third-order valence-corrected chi connectivity index (χ3v) is 6.35. The van der Waals surface area contributed by atoms with E-state index in [0.717, 1.165) is 0 Å². The summed E-state index contributed by atoms with van der Waals surface area (Å²) in [6, 6.07) is 20.4. The van der Waals surface area contributed by atoms with Crippen molar-refractivity contribution in [3.63, 3.8) is 0 Å². The number of amides is 2. The van der Waals surface area contributed by atoms with Crippen LogP contribution < -0.4 is 10.6 Å². The van der Waals surface area contributed by atoms with Gasteiger partial charge in [0.1, 0.15) is 11.3 Å². The van der Waals surface area contributed by atoms with Gasteiger partial charge in [0.25, 0.3) is 5.91 Å². The first-order valence-electron chi connectivity index (χ1n) is 10.9. The van der Waals surface area contributed by atoms with E-state index in [0.29, 0.717) is 21.4 Å². The van der Waals surface area contributed by atoms with Crippen LogP contribution in [0.1, 0.15) is 31.1 Å². The highest BCUT2D eigenvalue weighted by atomic mass is 32.2. The van der Waals surface area contributed by atoms with Gasteiger partial charge < -0.3 is 26.0 Å². The molecule has 5 N–H and O–H groups in total. The fourth-order valence-electron chi connectivity index (χ4n) is 3.70. The van der Waals surface area contributed by atoms with Crippen LogP contribution in [0.4, 0.5) is 11.4 Å². The van der Waals surface area contributed by atoms with Crippen LogP contribution in [0.3, 0.4) is 0 Å². The van der Waals surface area contributed by atoms with E-state index >= 15 is 0 Å². The van der Waals surface area contributed by atoms with Gasteiger partial charge >= 0.3 is 11.9 Å². The van der Waals surface area contributed by atoms with Crippen LogP contribution in [0.15, 0.2) is 83.8 Å². The molecule has 37 heavy (non-hydrogen) atoms. The standard InChI is InChI=1S/C27H20N2O7S/c30-22-11-10-17(13-21(22)27(35)36)28-23(31)14-37-18-7-3-6-16(12-18)29-25(32)19-8-1-4-15-5-2-9-20(24(15)19)26(33)34/h1-13,30H,14H2,(H,28,31)(H,29,32)(H,33,34)(H,35,36). The maximum absolute atomic E-state index is 13.0. The molecule has 0 aliphatic rings. The Hall–Kier alpha value is -4.83. The number of rotatable bonds is 8. The molecule has 0 spiro atoms. The van der Waals surface area contributed by atoms with Gasteiger partial charge in [-0.2, -0.15) is 0 Å². The summed E-state index contributed by atoms with van der Waals surface area (Å²) in [5.41, 5.74) is 0.628. The summed E-state index contributed by atoms with van der Waals surface area (Å²) in [4.78, 5) is 48.9. The van der Waals surface area contributed by atoms with Crippen LogP contribution in [-0.4, -0.2) is 44.8 Å². The number of benzene rings is 4. The average Bonchev–Trinajstić information content (AvgIpc) is 2.87. The number of hydrogen-bond acceptors (Lipinski definition) is 6. The molecule has 0 aromatic heterocycles. The second-order valence-corrected chi connectivity index (χ2v) is 8.92. The number of carbonyl (C=O) groups excluding carboxylic acids is 2. The molecular weight excluding hydrogens is 496 g/mol. The normalized spacial score (nSPS) is 10.6. The highest BCUT2D eigenvalue weighted by Crippen LogP contribution is 2.27. The minimum Gasteiger partial charge on any atom is -0.507 e. The summed E-state index contributed by atoms with van der Waals surface area (Å²) in [5.74, 6) is -3.70. The first kappa shape index (κ1) is 25.3. The molecule has 0 aliphatic carbocycles. The number of anilines is 2. The largest absolute Gasteiger partial charge is 0.507 e. The molecule has 0 radical (unpaired) electrons. The number of nitrogens with one attached hydrogen (secondary N) is 2. The van der Waals surface area contributed by atoms with Crippen molar-refractivity contribution in [2.45, 2.75) is 4.90 Å². The van der Waals surface area contributed by atoms with Crippen LogP contribution in [0.2, 0.25) is 0 Å². The Morgan fingerprint density at radius 3 is 2.05 bits per heavy atom. The number of carboxylic acid groups (broad SMARTS) is 2. The number of phenols is 1. The molecule has 10 heteroatoms. The Morgan fingerprint density at radius 1 is 0.703 bits per heavy atom. The monoisotopic (exact) mass is 516 g/mol. The fraction of sp³-hybridized carbons (Fsp3) is 0.0370. The lowest BCUT2D eigenvalue weighted by Crippen LogP contribution is -2.15. The van der Waals surface area contributed by atoms with E-state index in [2.05, 4.69) is 10.6 Å². The molecular formula is C27H20N2O7S. The van der Waals surface area contributed by atoms with Gasteiger partial charge in [0, 0.05) is 27.2 Å². The summed E-state index contributed by atoms with van der Waals surface area (Å²) >= 11 is 1.20. The van der Waals surface area contributed by atoms with Crippen molar-refractivity contribution in [1.29, 1.82) is 0 Å². The van der Waals surface area contributed by atoms with E-state index < -0.39 is 29.5 Å². The number of aromatic carboxylic acids is 2. The Morgan fingerprint density at radius 2 is 1.35 bits per heavy atom. The topological polar surface area (TPSA) is 153 Å². The molecule has 0 heterocycles. The van der Waals surface area contributed by atoms with Crippen molar-refractivity contribution < 1.29 is 34.5 Å². The van der Waals surface area contributed by atoms with Gasteiger partial charge in [-0.1, -0.05) is 30.3 Å². The molecule has 0 saturated heterocycles. The van der Waals surface area contributed by atoms with E-state index in [1.54, 1.807) is 54.6 Å². The maximum Gasteiger partial charge on any atom is 0.339 e. The summed E-state index contributed by atoms with van der Waals surface area (Å²) in [7, 11) is 0. The van der Waals surface area contributed by atoms with Crippen LogP contribution >= 0.6 is 11.8 Å². The van der Waals surface area contributed by atoms with Gasteiger partial charge in [-0.05, 0) is 53.9 Å². The zero-order valence-electron chi connectivity index (χ0n) is 19.1. The van der Waals surface area contributed by atoms with Gasteiger partial charge in [0.2, 0.25) is 5.91 Å². The number of carboxylic acids is 2. The van der Waals surface area contributed by atoms with Gasteiger partial charge in [0.05, 0.1) is 11.3 Å². The first-order chi connectivity index (χ1) is 17.7. The van der Waals surface area contributed by atoms with Crippen LogP contribution in [0.5, 0.6) is 5.75 Å². The van der Waals surface area contributed by atoms with E-state index in [1.807, 2.05) is 0 Å². The molecule has 4 rings (SSSR count). The lowest BCUT2D eigenvalue weighted by molar-refractivity contribution is -0.113. The molecule has 0 fully saturated rings. The smallest absolute Gasteiger partial charge is 0.339 e. The Bertz CT molecular complexity index is 1550. The highest BCUT2D eigenvalue weighted by molar-refractivity contribution is 8.00. The van der Waals surface area contributed by atoms with Crippen molar-refractivity contribution >= 4 is 57.7 Å². The number of fused-ring (bicyclic) bond motifs is 1. The molecule has 9 nitrogen and oxygen atoms in total. The summed E-state index contributed by atoms with van der Waals surface area (Å²) < 4.78 is 0. The van der Waals surface area contributed by atoms with Crippen molar-refractivity contribution in [1.82, 2.24) is 0 Å². The zero-order chi connectivity index (χ0) is 26.5. The minimum absolute atomic E-state index is 0.00593. The van der Waals surface area contributed by atoms with Crippen molar-refractivity contribution in [3.05, 3.63) is 95.6 Å². The van der Waals surface area contributed by atoms with E-state index in [4.69, 9.17) is 5.11 Å². The molecule has 2 amide bonds. The van der Waals surface area contributed by atoms with Crippen LogP contribution in [0, 0.1) is 0 Å². The minimum atomic E-state index is -1.32. The van der Waals surface area contributed by atoms with E-state index in [1.165, 1.54) is 36.0 Å². The van der Waals surface area contributed by atoms with Crippen molar-refractivity contribution in [2.75, 3.05) is 16.4 Å². The molecule has 0 atom stereocenters.